The van der Waals surface area contributed by atoms with Crippen molar-refractivity contribution in [3.8, 4) is 0 Å². The van der Waals surface area contributed by atoms with Crippen molar-refractivity contribution in [1.29, 1.82) is 0 Å². The van der Waals surface area contributed by atoms with E-state index >= 15 is 0 Å². The van der Waals surface area contributed by atoms with Gasteiger partial charge in [-0.1, -0.05) is 31.2 Å². The van der Waals surface area contributed by atoms with E-state index in [0.717, 1.165) is 32.2 Å². The molecule has 0 amide bonds. The molecule has 0 saturated heterocycles. The highest BCUT2D eigenvalue weighted by Crippen LogP contribution is 2.34. The number of hydrogen-bond donors (Lipinski definition) is 1. The normalized spacial score (nSPS) is 19.4. The Kier molecular flexibility index (Phi) is 5.78. The fourth-order valence-electron chi connectivity index (χ4n) is 3.28. The summed E-state index contributed by atoms with van der Waals surface area (Å²) >= 11 is 0. The molecule has 20 heavy (non-hydrogen) atoms. The minimum absolute atomic E-state index is 0.426. The predicted molar refractivity (Wildman–Crippen MR) is 83.8 cm³/mol. The molecule has 2 unspecified atom stereocenters. The molecule has 2 atom stereocenters. The molecule has 2 nitrogen and oxygen atoms in total. The largest absolute Gasteiger partial charge is 0.330 e. The van der Waals surface area contributed by atoms with E-state index in [2.05, 4.69) is 31.2 Å². The lowest BCUT2D eigenvalue weighted by molar-refractivity contribution is -0.119. The molecular formula is C18H27NO. The standard InChI is InChI=1S/C18H27NO/c1-14(11-12-19)9-10-17(20)13-16-7-4-6-15-5-2-3-8-18(15)16/h2-3,5,8,14,16H,4,6-7,9-13,19H2,1H3. The van der Waals surface area contributed by atoms with Crippen LogP contribution in [0.15, 0.2) is 24.3 Å². The van der Waals surface area contributed by atoms with E-state index in [4.69, 9.17) is 5.73 Å². The summed E-state index contributed by atoms with van der Waals surface area (Å²) in [7, 11) is 0. The maximum absolute atomic E-state index is 12.2. The molecule has 1 aromatic rings. The number of Topliss-reactive ketones (excluding diaryl/α,β-unsaturated/α-hetero) is 1. The molecule has 2 rings (SSSR count). The summed E-state index contributed by atoms with van der Waals surface area (Å²) in [5.74, 6) is 1.45. The average molecular weight is 273 g/mol. The van der Waals surface area contributed by atoms with Gasteiger partial charge in [0.05, 0.1) is 0 Å². The maximum atomic E-state index is 12.2. The van der Waals surface area contributed by atoms with Crippen LogP contribution in [0.4, 0.5) is 0 Å². The van der Waals surface area contributed by atoms with E-state index in [9.17, 15) is 4.79 Å². The van der Waals surface area contributed by atoms with Crippen molar-refractivity contribution >= 4 is 5.78 Å². The molecule has 1 aromatic carbocycles. The van der Waals surface area contributed by atoms with Gasteiger partial charge in [-0.05, 0) is 61.6 Å². The second kappa shape index (κ2) is 7.58. The Balaban J connectivity index is 1.86. The Bertz CT molecular complexity index is 441. The second-order valence-corrected chi connectivity index (χ2v) is 6.25. The van der Waals surface area contributed by atoms with Gasteiger partial charge in [0.1, 0.15) is 5.78 Å². The molecular weight excluding hydrogens is 246 g/mol. The van der Waals surface area contributed by atoms with E-state index in [-0.39, 0.29) is 0 Å². The first-order valence-electron chi connectivity index (χ1n) is 8.00. The first kappa shape index (κ1) is 15.2. The number of rotatable bonds is 7. The zero-order valence-electron chi connectivity index (χ0n) is 12.6. The topological polar surface area (TPSA) is 43.1 Å². The summed E-state index contributed by atoms with van der Waals surface area (Å²) in [6.45, 7) is 2.92. The smallest absolute Gasteiger partial charge is 0.133 e. The second-order valence-electron chi connectivity index (χ2n) is 6.25. The Morgan fingerprint density at radius 3 is 2.95 bits per heavy atom. The van der Waals surface area contributed by atoms with Crippen LogP contribution in [0.2, 0.25) is 0 Å². The number of hydrogen-bond acceptors (Lipinski definition) is 2. The van der Waals surface area contributed by atoms with Gasteiger partial charge in [0, 0.05) is 12.8 Å². The summed E-state index contributed by atoms with van der Waals surface area (Å²) in [6, 6.07) is 8.64. The van der Waals surface area contributed by atoms with E-state index in [0.29, 0.717) is 17.6 Å². The highest BCUT2D eigenvalue weighted by atomic mass is 16.1. The van der Waals surface area contributed by atoms with Gasteiger partial charge in [0.25, 0.3) is 0 Å². The van der Waals surface area contributed by atoms with Crippen molar-refractivity contribution in [3.05, 3.63) is 35.4 Å². The SMILES string of the molecule is CC(CCN)CCC(=O)CC1CCCc2ccccc21. The molecule has 0 saturated carbocycles. The quantitative estimate of drug-likeness (QED) is 0.820. The lowest BCUT2D eigenvalue weighted by atomic mass is 9.80. The number of ketones is 1. The highest BCUT2D eigenvalue weighted by Gasteiger charge is 2.22. The molecule has 0 fully saturated rings. The maximum Gasteiger partial charge on any atom is 0.133 e. The Hall–Kier alpha value is -1.15. The van der Waals surface area contributed by atoms with Crippen LogP contribution in [0.1, 0.15) is 62.5 Å². The third kappa shape index (κ3) is 4.17. The van der Waals surface area contributed by atoms with Crippen molar-refractivity contribution in [2.24, 2.45) is 11.7 Å². The van der Waals surface area contributed by atoms with Crippen LogP contribution < -0.4 is 5.73 Å². The van der Waals surface area contributed by atoms with Crippen LogP contribution in [0.3, 0.4) is 0 Å². The van der Waals surface area contributed by atoms with Crippen LogP contribution in [0.5, 0.6) is 0 Å². The van der Waals surface area contributed by atoms with Gasteiger partial charge in [-0.25, -0.2) is 0 Å². The molecule has 0 heterocycles. The highest BCUT2D eigenvalue weighted by molar-refractivity contribution is 5.79. The predicted octanol–water partition coefficient (Wildman–Crippen LogP) is 3.83. The monoisotopic (exact) mass is 273 g/mol. The van der Waals surface area contributed by atoms with E-state index in [1.807, 2.05) is 0 Å². The lowest BCUT2D eigenvalue weighted by Gasteiger charge is -2.25. The molecule has 0 bridgehead atoms. The van der Waals surface area contributed by atoms with Gasteiger partial charge in [-0.15, -0.1) is 0 Å². The number of carbonyl (C=O) groups excluding carboxylic acids is 1. The van der Waals surface area contributed by atoms with E-state index < -0.39 is 0 Å². The molecule has 2 heteroatoms. The molecule has 1 aliphatic rings. The third-order valence-corrected chi connectivity index (χ3v) is 4.54. The molecule has 1 aliphatic carbocycles. The van der Waals surface area contributed by atoms with Crippen molar-refractivity contribution < 1.29 is 4.79 Å². The van der Waals surface area contributed by atoms with Gasteiger partial charge < -0.3 is 5.73 Å². The van der Waals surface area contributed by atoms with Crippen molar-refractivity contribution in [2.45, 2.75) is 57.8 Å². The number of carbonyl (C=O) groups is 1. The molecule has 110 valence electrons. The van der Waals surface area contributed by atoms with Gasteiger partial charge in [0.2, 0.25) is 0 Å². The first-order valence-corrected chi connectivity index (χ1v) is 8.00. The fraction of sp³-hybridized carbons (Fsp3) is 0.611. The minimum Gasteiger partial charge on any atom is -0.330 e. The summed E-state index contributed by atoms with van der Waals surface area (Å²) in [4.78, 5) is 12.2. The van der Waals surface area contributed by atoms with Gasteiger partial charge in [0.15, 0.2) is 0 Å². The number of nitrogens with two attached hydrogens (primary N) is 1. The molecule has 0 aliphatic heterocycles. The van der Waals surface area contributed by atoms with Gasteiger partial charge in [-0.2, -0.15) is 0 Å². The molecule has 2 N–H and O–H groups in total. The average Bonchev–Trinajstić information content (AvgIpc) is 2.46. The zero-order valence-corrected chi connectivity index (χ0v) is 12.6. The van der Waals surface area contributed by atoms with Crippen LogP contribution >= 0.6 is 0 Å². The summed E-state index contributed by atoms with van der Waals surface area (Å²) in [5.41, 5.74) is 8.42. The van der Waals surface area contributed by atoms with Crippen molar-refractivity contribution in [3.63, 3.8) is 0 Å². The van der Waals surface area contributed by atoms with Crippen LogP contribution in [0, 0.1) is 5.92 Å². The fourth-order valence-corrected chi connectivity index (χ4v) is 3.28. The summed E-state index contributed by atoms with van der Waals surface area (Å²) in [5, 5.41) is 0. The first-order chi connectivity index (χ1) is 9.70. The third-order valence-electron chi connectivity index (χ3n) is 4.54. The van der Waals surface area contributed by atoms with Crippen molar-refractivity contribution in [2.75, 3.05) is 6.54 Å². The molecule has 0 radical (unpaired) electrons. The minimum atomic E-state index is 0.426. The van der Waals surface area contributed by atoms with E-state index in [1.54, 1.807) is 0 Å². The molecule has 0 spiro atoms. The Morgan fingerprint density at radius 1 is 1.35 bits per heavy atom. The van der Waals surface area contributed by atoms with Crippen LogP contribution in [0.25, 0.3) is 0 Å². The number of aryl methyl sites for hydroxylation is 1. The van der Waals surface area contributed by atoms with Crippen molar-refractivity contribution in [1.82, 2.24) is 0 Å². The van der Waals surface area contributed by atoms with Gasteiger partial charge in [-0.3, -0.25) is 4.79 Å². The Labute approximate surface area is 122 Å². The van der Waals surface area contributed by atoms with Crippen LogP contribution in [-0.2, 0) is 11.2 Å². The summed E-state index contributed by atoms with van der Waals surface area (Å²) in [6.07, 6.45) is 7.03. The van der Waals surface area contributed by atoms with Crippen LogP contribution in [-0.4, -0.2) is 12.3 Å². The lowest BCUT2D eigenvalue weighted by Crippen LogP contribution is -2.14. The number of fused-ring (bicyclic) bond motifs is 1. The zero-order chi connectivity index (χ0) is 14.4. The number of benzene rings is 1. The Morgan fingerprint density at radius 2 is 2.15 bits per heavy atom. The van der Waals surface area contributed by atoms with Gasteiger partial charge >= 0.3 is 0 Å². The molecule has 0 aromatic heterocycles. The summed E-state index contributed by atoms with van der Waals surface area (Å²) < 4.78 is 0. The van der Waals surface area contributed by atoms with E-state index in [1.165, 1.54) is 30.4 Å².